The molecule has 292 valence electrons. The Morgan fingerprint density at radius 3 is 1.66 bits per heavy atom. The summed E-state index contributed by atoms with van der Waals surface area (Å²) in [5.74, 6) is 1.35. The van der Waals surface area contributed by atoms with Crippen LogP contribution in [-0.4, -0.2) is 4.57 Å². The number of aromatic nitrogens is 1. The fourth-order valence-electron chi connectivity index (χ4n) is 11.4. The van der Waals surface area contributed by atoms with Crippen molar-refractivity contribution in [2.75, 3.05) is 4.90 Å². The van der Waals surface area contributed by atoms with Crippen molar-refractivity contribution in [3.05, 3.63) is 180 Å². The van der Waals surface area contributed by atoms with Gasteiger partial charge in [0.05, 0.1) is 11.0 Å². The number of anilines is 3. The predicted molar refractivity (Wildman–Crippen MR) is 250 cm³/mol. The molecule has 2 fully saturated rings. The Morgan fingerprint density at radius 1 is 0.492 bits per heavy atom. The van der Waals surface area contributed by atoms with Crippen LogP contribution in [0.5, 0.6) is 0 Å². The molecule has 3 aliphatic rings. The summed E-state index contributed by atoms with van der Waals surface area (Å²) < 4.78 is 2.52. The fraction of sp³-hybridized carbons (Fsp3) is 0.263. The predicted octanol–water partition coefficient (Wildman–Crippen LogP) is 16.3. The Morgan fingerprint density at radius 2 is 1.05 bits per heavy atom. The van der Waals surface area contributed by atoms with Crippen molar-refractivity contribution < 1.29 is 0 Å². The first-order valence-corrected chi connectivity index (χ1v) is 22.4. The van der Waals surface area contributed by atoms with Crippen LogP contribution in [0.2, 0.25) is 0 Å². The second-order valence-electron chi connectivity index (χ2n) is 18.2. The minimum absolute atomic E-state index is 0.286. The van der Waals surface area contributed by atoms with E-state index in [0.717, 1.165) is 0 Å². The summed E-state index contributed by atoms with van der Waals surface area (Å²) in [7, 11) is 0. The summed E-state index contributed by atoms with van der Waals surface area (Å²) in [5.41, 5.74) is 18.1. The van der Waals surface area contributed by atoms with Crippen LogP contribution in [0, 0.1) is 0 Å². The first-order valence-electron chi connectivity index (χ1n) is 22.4. The van der Waals surface area contributed by atoms with Gasteiger partial charge >= 0.3 is 0 Å². The van der Waals surface area contributed by atoms with E-state index in [4.69, 9.17) is 0 Å². The summed E-state index contributed by atoms with van der Waals surface area (Å²) in [6, 6.07) is 60.2. The summed E-state index contributed by atoms with van der Waals surface area (Å²) in [4.78, 5) is 2.54. The molecule has 8 aromatic rings. The number of nitrogens with zero attached hydrogens (tertiary/aromatic N) is 2. The zero-order chi connectivity index (χ0) is 39.5. The van der Waals surface area contributed by atoms with Crippen LogP contribution in [0.1, 0.15) is 112 Å². The minimum atomic E-state index is -0.286. The maximum atomic E-state index is 2.54. The van der Waals surface area contributed by atoms with E-state index >= 15 is 0 Å². The first-order chi connectivity index (χ1) is 29.0. The second kappa shape index (κ2) is 14.8. The van der Waals surface area contributed by atoms with Crippen LogP contribution < -0.4 is 4.90 Å². The highest BCUT2D eigenvalue weighted by Gasteiger charge is 2.41. The normalized spacial score (nSPS) is 16.6. The molecule has 0 radical (unpaired) electrons. The van der Waals surface area contributed by atoms with Gasteiger partial charge in [-0.2, -0.15) is 0 Å². The molecular formula is C57H54N2. The lowest BCUT2D eigenvalue weighted by atomic mass is 9.80. The van der Waals surface area contributed by atoms with Crippen LogP contribution in [0.15, 0.2) is 158 Å². The quantitative estimate of drug-likeness (QED) is 0.157. The number of hydrogen-bond donors (Lipinski definition) is 0. The monoisotopic (exact) mass is 766 g/mol. The highest BCUT2D eigenvalue weighted by molar-refractivity contribution is 6.14. The van der Waals surface area contributed by atoms with E-state index in [1.165, 1.54) is 153 Å². The Kier molecular flexibility index (Phi) is 9.06. The number of benzene rings is 7. The van der Waals surface area contributed by atoms with E-state index in [0.29, 0.717) is 11.8 Å². The van der Waals surface area contributed by atoms with Gasteiger partial charge in [0.1, 0.15) is 0 Å². The lowest BCUT2D eigenvalue weighted by molar-refractivity contribution is 0.443. The van der Waals surface area contributed by atoms with Crippen LogP contribution in [0.4, 0.5) is 17.1 Å². The van der Waals surface area contributed by atoms with Crippen LogP contribution in [-0.2, 0) is 5.41 Å². The lowest BCUT2D eigenvalue weighted by Crippen LogP contribution is -2.18. The summed E-state index contributed by atoms with van der Waals surface area (Å²) in [6.07, 6.45) is 13.4. The first kappa shape index (κ1) is 36.2. The molecule has 0 bridgehead atoms. The van der Waals surface area contributed by atoms with Crippen molar-refractivity contribution in [3.63, 3.8) is 0 Å². The molecule has 1 heterocycles. The molecule has 2 saturated carbocycles. The second-order valence-corrected chi connectivity index (χ2v) is 18.2. The molecule has 7 aromatic carbocycles. The molecule has 11 rings (SSSR count). The highest BCUT2D eigenvalue weighted by atomic mass is 15.1. The summed E-state index contributed by atoms with van der Waals surface area (Å²) in [5, 5.41) is 2.60. The number of rotatable bonds is 7. The average molecular weight is 767 g/mol. The van der Waals surface area contributed by atoms with Gasteiger partial charge < -0.3 is 9.47 Å². The van der Waals surface area contributed by atoms with Crippen LogP contribution in [0.25, 0.3) is 49.7 Å². The van der Waals surface area contributed by atoms with Gasteiger partial charge in [-0.1, -0.05) is 156 Å². The van der Waals surface area contributed by atoms with Gasteiger partial charge in [0, 0.05) is 38.9 Å². The third-order valence-corrected chi connectivity index (χ3v) is 14.3. The third-order valence-electron chi connectivity index (χ3n) is 14.3. The molecule has 0 unspecified atom stereocenters. The van der Waals surface area contributed by atoms with Crippen molar-refractivity contribution >= 4 is 38.9 Å². The molecule has 0 saturated heterocycles. The van der Waals surface area contributed by atoms with E-state index in [2.05, 4.69) is 181 Å². The fourth-order valence-corrected chi connectivity index (χ4v) is 11.4. The molecular weight excluding hydrogens is 713 g/mol. The van der Waals surface area contributed by atoms with Crippen molar-refractivity contribution in [3.8, 4) is 27.9 Å². The van der Waals surface area contributed by atoms with Gasteiger partial charge in [-0.05, 0) is 137 Å². The minimum Gasteiger partial charge on any atom is -0.310 e. The smallest absolute Gasteiger partial charge is 0.0588 e. The molecule has 0 spiro atoms. The van der Waals surface area contributed by atoms with E-state index in [1.807, 2.05) is 0 Å². The molecule has 3 aliphatic carbocycles. The Balaban J connectivity index is 1.13. The molecule has 1 aromatic heterocycles. The van der Waals surface area contributed by atoms with Crippen LogP contribution in [0.3, 0.4) is 0 Å². The standard InChI is InChI=1S/C57H54N2/c1-57(2)52-38-47(58(45-31-27-41(28-32-45)39-17-7-3-8-18-39)46-33-29-42(30-34-46)40-19-9-4-10-20-40)37-51(43-21-11-5-12-22-43)54(52)50-36-35-49-48-25-15-16-26-53(48)59(56(49)55(50)57)44-23-13-6-14-24-44/h5-6,11-16,21-40H,3-4,7-10,17-20H2,1-2H3. The molecule has 2 nitrogen and oxygen atoms in total. The Hall–Kier alpha value is -5.86. The topological polar surface area (TPSA) is 8.17 Å². The Bertz CT molecular complexity index is 2720. The van der Waals surface area contributed by atoms with Gasteiger partial charge in [0.2, 0.25) is 0 Å². The van der Waals surface area contributed by atoms with Crippen molar-refractivity contribution in [1.29, 1.82) is 0 Å². The summed E-state index contributed by atoms with van der Waals surface area (Å²) in [6.45, 7) is 4.93. The highest BCUT2D eigenvalue weighted by Crippen LogP contribution is 2.57. The number of para-hydroxylation sites is 2. The maximum Gasteiger partial charge on any atom is 0.0588 e. The SMILES string of the molecule is CC1(C)c2cc(N(c3ccc(C4CCCCC4)cc3)c3ccc(C4CCCCC4)cc3)cc(-c3ccccc3)c2-c2ccc3c4ccccc4n(-c4ccccc4)c3c21. The van der Waals surface area contributed by atoms with E-state index in [-0.39, 0.29) is 5.41 Å². The van der Waals surface area contributed by atoms with Gasteiger partial charge in [-0.3, -0.25) is 0 Å². The molecule has 59 heavy (non-hydrogen) atoms. The van der Waals surface area contributed by atoms with Crippen molar-refractivity contribution in [2.45, 2.75) is 95.3 Å². The van der Waals surface area contributed by atoms with Gasteiger partial charge in [-0.25, -0.2) is 0 Å². The largest absolute Gasteiger partial charge is 0.310 e. The van der Waals surface area contributed by atoms with Crippen molar-refractivity contribution in [1.82, 2.24) is 4.57 Å². The molecule has 2 heteroatoms. The molecule has 0 aliphatic heterocycles. The van der Waals surface area contributed by atoms with Gasteiger partial charge in [0.25, 0.3) is 0 Å². The third kappa shape index (κ3) is 6.14. The van der Waals surface area contributed by atoms with Gasteiger partial charge in [-0.15, -0.1) is 0 Å². The van der Waals surface area contributed by atoms with Crippen molar-refractivity contribution in [2.24, 2.45) is 0 Å². The molecule has 0 atom stereocenters. The van der Waals surface area contributed by atoms with Gasteiger partial charge in [0.15, 0.2) is 0 Å². The Labute approximate surface area is 350 Å². The van der Waals surface area contributed by atoms with Crippen LogP contribution >= 0.6 is 0 Å². The molecule has 0 amide bonds. The summed E-state index contributed by atoms with van der Waals surface area (Å²) >= 11 is 0. The van der Waals surface area contributed by atoms with E-state index < -0.39 is 0 Å². The molecule has 0 N–H and O–H groups in total. The zero-order valence-corrected chi connectivity index (χ0v) is 34.6. The number of fused-ring (bicyclic) bond motifs is 7. The average Bonchev–Trinajstić information content (AvgIpc) is 3.76. The zero-order valence-electron chi connectivity index (χ0n) is 34.6. The van der Waals surface area contributed by atoms with E-state index in [9.17, 15) is 0 Å². The maximum absolute atomic E-state index is 2.54. The van der Waals surface area contributed by atoms with E-state index in [1.54, 1.807) is 0 Å². The lowest BCUT2D eigenvalue weighted by Gasteiger charge is -2.30. The number of hydrogen-bond acceptors (Lipinski definition) is 1.